The molecule has 1 aliphatic heterocycles. The number of ether oxygens (including phenoxy) is 2. The van der Waals surface area contributed by atoms with Crippen molar-refractivity contribution in [1.29, 1.82) is 0 Å². The highest BCUT2D eigenvalue weighted by Gasteiger charge is 2.37. The predicted molar refractivity (Wildman–Crippen MR) is 141 cm³/mol. The van der Waals surface area contributed by atoms with Gasteiger partial charge in [-0.15, -0.1) is 0 Å². The van der Waals surface area contributed by atoms with E-state index >= 15 is 0 Å². The fourth-order valence-electron chi connectivity index (χ4n) is 3.30. The summed E-state index contributed by atoms with van der Waals surface area (Å²) in [6.07, 6.45) is 1.65. The average molecular weight is 579 g/mol. The van der Waals surface area contributed by atoms with E-state index in [2.05, 4.69) is 15.9 Å². The molecule has 5 nitrogen and oxygen atoms in total. The molecular weight excluding hydrogens is 561 g/mol. The molecular formula is C25H18BrCl2NO4S. The van der Waals surface area contributed by atoms with Gasteiger partial charge in [0.15, 0.2) is 11.5 Å². The standard InChI is InChI=1S/C25H18BrCl2NO4S/c1-2-32-21-12-15(11-17(26)23(21)33-14-16-7-3-4-8-18(16)27)13-22-24(30)29(25(31)34-22)20-10-6-5-9-19(20)28/h3-13H,2,14H2,1H3/b22-13-. The molecule has 2 amide bonds. The van der Waals surface area contributed by atoms with Gasteiger partial charge in [0, 0.05) is 10.6 Å². The topological polar surface area (TPSA) is 55.8 Å². The minimum absolute atomic E-state index is 0.258. The molecule has 1 aliphatic rings. The number of para-hydroxylation sites is 1. The first-order chi connectivity index (χ1) is 16.4. The lowest BCUT2D eigenvalue weighted by Gasteiger charge is -2.15. The van der Waals surface area contributed by atoms with Gasteiger partial charge in [-0.25, -0.2) is 4.90 Å². The second-order valence-corrected chi connectivity index (χ2v) is 9.77. The largest absolute Gasteiger partial charge is 0.490 e. The number of amides is 2. The highest BCUT2D eigenvalue weighted by atomic mass is 79.9. The number of imide groups is 1. The van der Waals surface area contributed by atoms with Crippen LogP contribution in [-0.4, -0.2) is 17.8 Å². The van der Waals surface area contributed by atoms with Crippen molar-refractivity contribution < 1.29 is 19.1 Å². The van der Waals surface area contributed by atoms with Crippen LogP contribution in [0, 0.1) is 0 Å². The van der Waals surface area contributed by atoms with Gasteiger partial charge in [0.05, 0.1) is 26.7 Å². The van der Waals surface area contributed by atoms with Crippen LogP contribution in [-0.2, 0) is 11.4 Å². The number of hydrogen-bond donors (Lipinski definition) is 0. The van der Waals surface area contributed by atoms with Crippen molar-refractivity contribution in [3.05, 3.63) is 91.2 Å². The van der Waals surface area contributed by atoms with Crippen LogP contribution in [0.15, 0.2) is 70.0 Å². The highest BCUT2D eigenvalue weighted by molar-refractivity contribution is 9.10. The molecule has 1 saturated heterocycles. The number of benzene rings is 3. The lowest BCUT2D eigenvalue weighted by Crippen LogP contribution is -2.27. The Kier molecular flexibility index (Phi) is 7.88. The molecule has 9 heteroatoms. The van der Waals surface area contributed by atoms with Crippen LogP contribution in [0.25, 0.3) is 6.08 Å². The maximum Gasteiger partial charge on any atom is 0.298 e. The molecule has 3 aromatic carbocycles. The Morgan fingerprint density at radius 1 is 1.00 bits per heavy atom. The number of carbonyl (C=O) groups excluding carboxylic acids is 2. The number of anilines is 1. The van der Waals surface area contributed by atoms with Crippen molar-refractivity contribution in [3.63, 3.8) is 0 Å². The molecule has 3 aromatic rings. The molecule has 0 aromatic heterocycles. The number of hydrogen-bond acceptors (Lipinski definition) is 5. The van der Waals surface area contributed by atoms with E-state index in [0.29, 0.717) is 43.9 Å². The Morgan fingerprint density at radius 3 is 2.41 bits per heavy atom. The van der Waals surface area contributed by atoms with E-state index in [1.54, 1.807) is 48.5 Å². The summed E-state index contributed by atoms with van der Waals surface area (Å²) in [7, 11) is 0. The SMILES string of the molecule is CCOc1cc(/C=C2\SC(=O)N(c3ccccc3Cl)C2=O)cc(Br)c1OCc1ccccc1Cl. The summed E-state index contributed by atoms with van der Waals surface area (Å²) < 4.78 is 12.4. The molecule has 0 bridgehead atoms. The van der Waals surface area contributed by atoms with Gasteiger partial charge < -0.3 is 9.47 Å². The molecule has 0 unspecified atom stereocenters. The number of nitrogens with zero attached hydrogens (tertiary/aromatic N) is 1. The Labute approximate surface area is 219 Å². The fourth-order valence-corrected chi connectivity index (χ4v) is 5.12. The molecule has 0 saturated carbocycles. The van der Waals surface area contributed by atoms with Crippen LogP contribution in [0.2, 0.25) is 10.0 Å². The first-order valence-electron chi connectivity index (χ1n) is 10.2. The van der Waals surface area contributed by atoms with Gasteiger partial charge in [0.25, 0.3) is 11.1 Å². The summed E-state index contributed by atoms with van der Waals surface area (Å²) in [5.41, 5.74) is 1.87. The van der Waals surface area contributed by atoms with Crippen molar-refractivity contribution in [1.82, 2.24) is 0 Å². The van der Waals surface area contributed by atoms with Gasteiger partial charge in [0.1, 0.15) is 6.61 Å². The summed E-state index contributed by atoms with van der Waals surface area (Å²) >= 11 is 16.8. The molecule has 174 valence electrons. The fraction of sp³-hybridized carbons (Fsp3) is 0.120. The van der Waals surface area contributed by atoms with Crippen LogP contribution in [0.4, 0.5) is 10.5 Å². The van der Waals surface area contributed by atoms with Gasteiger partial charge in [-0.1, -0.05) is 53.5 Å². The average Bonchev–Trinajstić information content (AvgIpc) is 3.07. The summed E-state index contributed by atoms with van der Waals surface area (Å²) in [4.78, 5) is 26.9. The van der Waals surface area contributed by atoms with Gasteiger partial charge in [-0.05, 0) is 76.6 Å². The van der Waals surface area contributed by atoms with Crippen molar-refractivity contribution in [3.8, 4) is 11.5 Å². The van der Waals surface area contributed by atoms with Crippen LogP contribution in [0.5, 0.6) is 11.5 Å². The van der Waals surface area contributed by atoms with Crippen molar-refractivity contribution in [2.24, 2.45) is 0 Å². The predicted octanol–water partition coefficient (Wildman–Crippen LogP) is 7.97. The third kappa shape index (κ3) is 5.28. The molecule has 0 N–H and O–H groups in total. The normalized spacial score (nSPS) is 14.7. The van der Waals surface area contributed by atoms with E-state index in [0.717, 1.165) is 22.2 Å². The van der Waals surface area contributed by atoms with E-state index in [1.165, 1.54) is 0 Å². The molecule has 1 heterocycles. The molecule has 0 radical (unpaired) electrons. The van der Waals surface area contributed by atoms with Crippen molar-refractivity contribution in [2.75, 3.05) is 11.5 Å². The lowest BCUT2D eigenvalue weighted by molar-refractivity contribution is -0.113. The quantitative estimate of drug-likeness (QED) is 0.266. The zero-order valence-electron chi connectivity index (χ0n) is 17.9. The van der Waals surface area contributed by atoms with E-state index in [4.69, 9.17) is 32.7 Å². The van der Waals surface area contributed by atoms with E-state index < -0.39 is 11.1 Å². The second-order valence-electron chi connectivity index (χ2n) is 7.11. The Balaban J connectivity index is 1.62. The summed E-state index contributed by atoms with van der Waals surface area (Å²) in [6.45, 7) is 2.54. The number of thioether (sulfide) groups is 1. The van der Waals surface area contributed by atoms with Crippen molar-refractivity contribution in [2.45, 2.75) is 13.5 Å². The molecule has 4 rings (SSSR count). The Bertz CT molecular complexity index is 1300. The molecule has 1 fully saturated rings. The van der Waals surface area contributed by atoms with Gasteiger partial charge >= 0.3 is 0 Å². The molecule has 34 heavy (non-hydrogen) atoms. The number of rotatable bonds is 7. The molecule has 0 aliphatic carbocycles. The smallest absolute Gasteiger partial charge is 0.298 e. The maximum absolute atomic E-state index is 13.0. The number of carbonyl (C=O) groups is 2. The minimum Gasteiger partial charge on any atom is -0.490 e. The summed E-state index contributed by atoms with van der Waals surface area (Å²) in [5, 5.41) is 0.531. The Morgan fingerprint density at radius 2 is 1.71 bits per heavy atom. The van der Waals surface area contributed by atoms with E-state index in [1.807, 2.05) is 25.1 Å². The van der Waals surface area contributed by atoms with E-state index in [-0.39, 0.29) is 11.5 Å². The zero-order chi connectivity index (χ0) is 24.2. The van der Waals surface area contributed by atoms with Crippen LogP contribution >= 0.6 is 50.9 Å². The second kappa shape index (κ2) is 10.9. The lowest BCUT2D eigenvalue weighted by atomic mass is 10.1. The van der Waals surface area contributed by atoms with Crippen LogP contribution in [0.1, 0.15) is 18.1 Å². The molecule has 0 spiro atoms. The van der Waals surface area contributed by atoms with Gasteiger partial charge in [-0.2, -0.15) is 0 Å². The monoisotopic (exact) mass is 577 g/mol. The first kappa shape index (κ1) is 24.7. The van der Waals surface area contributed by atoms with E-state index in [9.17, 15) is 9.59 Å². The Hall–Kier alpha value is -2.45. The highest BCUT2D eigenvalue weighted by Crippen LogP contribution is 2.41. The van der Waals surface area contributed by atoms with Crippen LogP contribution < -0.4 is 14.4 Å². The maximum atomic E-state index is 13.0. The van der Waals surface area contributed by atoms with Gasteiger partial charge in [-0.3, -0.25) is 9.59 Å². The molecule has 0 atom stereocenters. The van der Waals surface area contributed by atoms with Crippen molar-refractivity contribution >= 4 is 73.8 Å². The first-order valence-corrected chi connectivity index (χ1v) is 12.6. The third-order valence-electron chi connectivity index (χ3n) is 4.85. The zero-order valence-corrected chi connectivity index (χ0v) is 21.8. The minimum atomic E-state index is -0.434. The number of halogens is 3. The summed E-state index contributed by atoms with van der Waals surface area (Å²) in [5.74, 6) is 0.583. The van der Waals surface area contributed by atoms with Crippen LogP contribution in [0.3, 0.4) is 0 Å². The summed E-state index contributed by atoms with van der Waals surface area (Å²) in [6, 6.07) is 17.7. The third-order valence-corrected chi connectivity index (χ3v) is 6.99. The van der Waals surface area contributed by atoms with Gasteiger partial charge in [0.2, 0.25) is 0 Å².